The highest BCUT2D eigenvalue weighted by Gasteiger charge is 2.19. The van der Waals surface area contributed by atoms with Crippen LogP contribution in [0.15, 0.2) is 12.1 Å². The summed E-state index contributed by atoms with van der Waals surface area (Å²) in [5.74, 6) is -1.09. The van der Waals surface area contributed by atoms with Crippen molar-refractivity contribution < 1.29 is 9.90 Å². The molecule has 0 fully saturated rings. The minimum Gasteiger partial charge on any atom is -0.476 e. The van der Waals surface area contributed by atoms with Gasteiger partial charge in [-0.2, -0.15) is 5.10 Å². The monoisotopic (exact) mass is 253 g/mol. The van der Waals surface area contributed by atoms with Crippen molar-refractivity contribution in [3.8, 4) is 0 Å². The van der Waals surface area contributed by atoms with Crippen LogP contribution < -0.4 is 0 Å². The summed E-state index contributed by atoms with van der Waals surface area (Å²) >= 11 is 6.05. The number of carboxylic acids is 1. The highest BCUT2D eigenvalue weighted by Crippen LogP contribution is 2.24. The van der Waals surface area contributed by atoms with Crippen LogP contribution in [0.25, 0.3) is 5.65 Å². The number of carboxylic acid groups (broad SMARTS) is 1. The quantitative estimate of drug-likeness (QED) is 0.793. The summed E-state index contributed by atoms with van der Waals surface area (Å²) in [6, 6.07) is 3.11. The molecule has 0 saturated heterocycles. The first-order valence-corrected chi connectivity index (χ1v) is 5.47. The Morgan fingerprint density at radius 2 is 2.06 bits per heavy atom. The van der Waals surface area contributed by atoms with E-state index in [-0.39, 0.29) is 11.1 Å². The van der Waals surface area contributed by atoms with Crippen LogP contribution in [0.2, 0.25) is 5.15 Å². The maximum atomic E-state index is 10.8. The molecule has 2 aromatic heterocycles. The van der Waals surface area contributed by atoms with Crippen molar-refractivity contribution in [2.45, 2.75) is 26.2 Å². The second-order valence-electron chi connectivity index (χ2n) is 4.82. The normalized spacial score (nSPS) is 12.0. The van der Waals surface area contributed by atoms with Crippen molar-refractivity contribution in [3.63, 3.8) is 0 Å². The molecule has 90 valence electrons. The predicted octanol–water partition coefficient (Wildman–Crippen LogP) is 2.38. The summed E-state index contributed by atoms with van der Waals surface area (Å²) in [5, 5.41) is 13.1. The minimum atomic E-state index is -1.09. The smallest absolute Gasteiger partial charge is 0.356 e. The molecule has 5 nitrogen and oxygen atoms in total. The number of aromatic nitrogens is 3. The zero-order chi connectivity index (χ0) is 12.8. The Kier molecular flexibility index (Phi) is 2.58. The van der Waals surface area contributed by atoms with Gasteiger partial charge in [0.1, 0.15) is 5.15 Å². The molecule has 0 atom stereocenters. The van der Waals surface area contributed by atoms with Crippen LogP contribution in [-0.2, 0) is 5.41 Å². The van der Waals surface area contributed by atoms with Crippen LogP contribution in [0.5, 0.6) is 0 Å². The summed E-state index contributed by atoms with van der Waals surface area (Å²) in [5.41, 5.74) is 1.02. The number of carbonyl (C=O) groups is 1. The molecule has 0 aliphatic carbocycles. The van der Waals surface area contributed by atoms with Gasteiger partial charge < -0.3 is 5.11 Å². The SMILES string of the molecule is CC(C)(C)c1cc(Cl)n2nc(C(=O)O)cc2n1. The Bertz CT molecular complexity index is 599. The number of hydrogen-bond acceptors (Lipinski definition) is 3. The lowest BCUT2D eigenvalue weighted by Gasteiger charge is -2.17. The fourth-order valence-electron chi connectivity index (χ4n) is 1.43. The van der Waals surface area contributed by atoms with E-state index in [1.165, 1.54) is 10.6 Å². The van der Waals surface area contributed by atoms with E-state index in [0.717, 1.165) is 5.69 Å². The third kappa shape index (κ3) is 2.10. The molecule has 6 heteroatoms. The Hall–Kier alpha value is -1.62. The van der Waals surface area contributed by atoms with Crippen LogP contribution in [0.3, 0.4) is 0 Å². The number of fused-ring (bicyclic) bond motifs is 1. The number of hydrogen-bond donors (Lipinski definition) is 1. The molecule has 2 heterocycles. The number of rotatable bonds is 1. The molecule has 17 heavy (non-hydrogen) atoms. The molecule has 0 aliphatic heterocycles. The maximum Gasteiger partial charge on any atom is 0.356 e. The van der Waals surface area contributed by atoms with Gasteiger partial charge in [-0.1, -0.05) is 32.4 Å². The summed E-state index contributed by atoms with van der Waals surface area (Å²) < 4.78 is 1.32. The van der Waals surface area contributed by atoms with Crippen molar-refractivity contribution in [3.05, 3.63) is 28.7 Å². The summed E-state index contributed by atoms with van der Waals surface area (Å²) in [4.78, 5) is 15.2. The molecule has 0 saturated carbocycles. The molecule has 0 spiro atoms. The van der Waals surface area contributed by atoms with Crippen LogP contribution >= 0.6 is 11.6 Å². The van der Waals surface area contributed by atoms with E-state index in [1.807, 2.05) is 20.8 Å². The number of aromatic carboxylic acids is 1. The van der Waals surface area contributed by atoms with Gasteiger partial charge in [0, 0.05) is 11.5 Å². The standard InChI is InChI=1S/C11H12ClN3O2/c1-11(2,3)7-5-8(12)15-9(13-7)4-6(14-15)10(16)17/h4-5H,1-3H3,(H,16,17). The van der Waals surface area contributed by atoms with Crippen molar-refractivity contribution >= 4 is 23.2 Å². The van der Waals surface area contributed by atoms with E-state index in [4.69, 9.17) is 16.7 Å². The first-order chi connectivity index (χ1) is 7.79. The van der Waals surface area contributed by atoms with Crippen molar-refractivity contribution in [2.24, 2.45) is 0 Å². The van der Waals surface area contributed by atoms with Gasteiger partial charge in [-0.05, 0) is 6.07 Å². The Balaban J connectivity index is 2.69. The van der Waals surface area contributed by atoms with Crippen LogP contribution in [-0.4, -0.2) is 25.7 Å². The van der Waals surface area contributed by atoms with Crippen molar-refractivity contribution in [1.82, 2.24) is 14.6 Å². The van der Waals surface area contributed by atoms with Gasteiger partial charge in [0.2, 0.25) is 0 Å². The maximum absolute atomic E-state index is 10.8. The third-order valence-corrected chi connectivity index (χ3v) is 2.64. The molecule has 0 aromatic carbocycles. The van der Waals surface area contributed by atoms with Crippen LogP contribution in [0.1, 0.15) is 37.0 Å². The summed E-state index contributed by atoms with van der Waals surface area (Å²) in [7, 11) is 0. The Labute approximate surface area is 103 Å². The summed E-state index contributed by atoms with van der Waals surface area (Å²) in [6.07, 6.45) is 0. The van der Waals surface area contributed by atoms with Crippen molar-refractivity contribution in [1.29, 1.82) is 0 Å². The van der Waals surface area contributed by atoms with Crippen LogP contribution in [0.4, 0.5) is 0 Å². The largest absolute Gasteiger partial charge is 0.476 e. The average molecular weight is 254 g/mol. The highest BCUT2D eigenvalue weighted by atomic mass is 35.5. The van der Waals surface area contributed by atoms with Gasteiger partial charge in [-0.25, -0.2) is 14.3 Å². The lowest BCUT2D eigenvalue weighted by atomic mass is 9.92. The average Bonchev–Trinajstić information content (AvgIpc) is 2.60. The van der Waals surface area contributed by atoms with Crippen molar-refractivity contribution in [2.75, 3.05) is 0 Å². The van der Waals surface area contributed by atoms with Gasteiger partial charge in [0.15, 0.2) is 11.3 Å². The molecule has 0 bridgehead atoms. The van der Waals surface area contributed by atoms with E-state index in [1.54, 1.807) is 6.07 Å². The molecular formula is C11H12ClN3O2. The zero-order valence-corrected chi connectivity index (χ0v) is 10.5. The van der Waals surface area contributed by atoms with E-state index < -0.39 is 5.97 Å². The van der Waals surface area contributed by atoms with Gasteiger partial charge in [-0.15, -0.1) is 0 Å². The molecular weight excluding hydrogens is 242 g/mol. The number of halogens is 1. The van der Waals surface area contributed by atoms with Crippen LogP contribution in [0, 0.1) is 0 Å². The lowest BCUT2D eigenvalue weighted by molar-refractivity contribution is 0.0690. The topological polar surface area (TPSA) is 67.5 Å². The van der Waals surface area contributed by atoms with E-state index in [0.29, 0.717) is 10.8 Å². The fourth-order valence-corrected chi connectivity index (χ4v) is 1.65. The van der Waals surface area contributed by atoms with E-state index >= 15 is 0 Å². The second-order valence-corrected chi connectivity index (χ2v) is 5.21. The molecule has 2 rings (SSSR count). The van der Waals surface area contributed by atoms with Gasteiger partial charge in [0.05, 0.1) is 5.69 Å². The predicted molar refractivity (Wildman–Crippen MR) is 63.7 cm³/mol. The molecule has 0 unspecified atom stereocenters. The highest BCUT2D eigenvalue weighted by molar-refractivity contribution is 6.29. The Morgan fingerprint density at radius 3 is 2.59 bits per heavy atom. The molecule has 1 N–H and O–H groups in total. The molecule has 0 amide bonds. The minimum absolute atomic E-state index is 0.0644. The first-order valence-electron chi connectivity index (χ1n) is 5.09. The van der Waals surface area contributed by atoms with Gasteiger partial charge >= 0.3 is 5.97 Å². The Morgan fingerprint density at radius 1 is 1.41 bits per heavy atom. The molecule has 2 aromatic rings. The fraction of sp³-hybridized carbons (Fsp3) is 0.364. The van der Waals surface area contributed by atoms with E-state index in [2.05, 4.69) is 10.1 Å². The molecule has 0 radical (unpaired) electrons. The van der Waals surface area contributed by atoms with Gasteiger partial charge in [0.25, 0.3) is 0 Å². The first kappa shape index (κ1) is 11.9. The zero-order valence-electron chi connectivity index (χ0n) is 9.73. The third-order valence-electron chi connectivity index (χ3n) is 2.37. The van der Waals surface area contributed by atoms with Gasteiger partial charge in [-0.3, -0.25) is 0 Å². The summed E-state index contributed by atoms with van der Waals surface area (Å²) in [6.45, 7) is 6.03. The molecule has 0 aliphatic rings. The number of nitrogens with zero attached hydrogens (tertiary/aromatic N) is 3. The van der Waals surface area contributed by atoms with E-state index in [9.17, 15) is 4.79 Å². The lowest BCUT2D eigenvalue weighted by Crippen LogP contribution is -2.14. The second kappa shape index (κ2) is 3.70.